The molecule has 0 radical (unpaired) electrons. The molecule has 1 atom stereocenters. The van der Waals surface area contributed by atoms with E-state index in [0.717, 1.165) is 29.8 Å². The van der Waals surface area contributed by atoms with E-state index in [1.165, 1.54) is 19.3 Å². The van der Waals surface area contributed by atoms with Crippen LogP contribution < -0.4 is 11.1 Å². The van der Waals surface area contributed by atoms with E-state index in [1.54, 1.807) is 6.20 Å². The molecule has 1 aromatic carbocycles. The van der Waals surface area contributed by atoms with Crippen molar-refractivity contribution in [2.45, 2.75) is 52.0 Å². The van der Waals surface area contributed by atoms with E-state index in [1.807, 2.05) is 42.8 Å². The molecule has 0 saturated heterocycles. The molecule has 5 nitrogen and oxygen atoms in total. The van der Waals surface area contributed by atoms with Gasteiger partial charge in [0, 0.05) is 12.6 Å². The van der Waals surface area contributed by atoms with E-state index < -0.39 is 0 Å². The van der Waals surface area contributed by atoms with Gasteiger partial charge in [-0.25, -0.2) is 4.68 Å². The largest absolute Gasteiger partial charge is 0.348 e. The molecular formula is C20H28N4O. The average Bonchev–Trinajstić information content (AvgIpc) is 3.02. The SMILES string of the molecule is Cc1ccccc1-n1ncc(C(=O)NC(CN)C2CCCCC2)c1C. The number of amides is 1. The van der Waals surface area contributed by atoms with E-state index >= 15 is 0 Å². The van der Waals surface area contributed by atoms with Crippen LogP contribution >= 0.6 is 0 Å². The monoisotopic (exact) mass is 340 g/mol. The van der Waals surface area contributed by atoms with Crippen LogP contribution in [0.3, 0.4) is 0 Å². The number of para-hydroxylation sites is 1. The maximum atomic E-state index is 12.8. The molecular weight excluding hydrogens is 312 g/mol. The molecule has 1 heterocycles. The highest BCUT2D eigenvalue weighted by Gasteiger charge is 2.25. The summed E-state index contributed by atoms with van der Waals surface area (Å²) in [6.45, 7) is 4.47. The number of nitrogens with zero attached hydrogens (tertiary/aromatic N) is 2. The molecule has 5 heteroatoms. The summed E-state index contributed by atoms with van der Waals surface area (Å²) >= 11 is 0. The maximum absolute atomic E-state index is 12.8. The lowest BCUT2D eigenvalue weighted by Crippen LogP contribution is -2.46. The van der Waals surface area contributed by atoms with Gasteiger partial charge in [0.05, 0.1) is 23.1 Å². The standard InChI is InChI=1S/C20H28N4O/c1-14-8-6-7-11-19(14)24-15(2)17(13-22-24)20(25)23-18(12-21)16-9-4-3-5-10-16/h6-8,11,13,16,18H,3-5,9-10,12,21H2,1-2H3,(H,23,25). The van der Waals surface area contributed by atoms with Crippen molar-refractivity contribution in [1.82, 2.24) is 15.1 Å². The summed E-state index contributed by atoms with van der Waals surface area (Å²) < 4.78 is 1.84. The van der Waals surface area contributed by atoms with Crippen LogP contribution in [0, 0.1) is 19.8 Å². The number of nitrogens with one attached hydrogen (secondary N) is 1. The smallest absolute Gasteiger partial charge is 0.255 e. The highest BCUT2D eigenvalue weighted by molar-refractivity contribution is 5.95. The maximum Gasteiger partial charge on any atom is 0.255 e. The molecule has 0 spiro atoms. The molecule has 1 amide bonds. The molecule has 1 aliphatic rings. The van der Waals surface area contributed by atoms with E-state index in [0.29, 0.717) is 18.0 Å². The number of hydrogen-bond donors (Lipinski definition) is 2. The Morgan fingerprint density at radius 3 is 2.68 bits per heavy atom. The van der Waals surface area contributed by atoms with Crippen molar-refractivity contribution < 1.29 is 4.79 Å². The average molecular weight is 340 g/mol. The molecule has 3 rings (SSSR count). The lowest BCUT2D eigenvalue weighted by molar-refractivity contribution is 0.0915. The molecule has 1 saturated carbocycles. The zero-order valence-corrected chi connectivity index (χ0v) is 15.2. The van der Waals surface area contributed by atoms with Crippen molar-refractivity contribution in [2.24, 2.45) is 11.7 Å². The Hall–Kier alpha value is -2.14. The van der Waals surface area contributed by atoms with Crippen LogP contribution in [0.25, 0.3) is 5.69 Å². The third-order valence-electron chi connectivity index (χ3n) is 5.39. The quantitative estimate of drug-likeness (QED) is 0.878. The number of rotatable bonds is 5. The van der Waals surface area contributed by atoms with Crippen molar-refractivity contribution in [2.75, 3.05) is 6.54 Å². The second-order valence-corrected chi connectivity index (χ2v) is 7.06. The van der Waals surface area contributed by atoms with Crippen LogP contribution in [-0.4, -0.2) is 28.3 Å². The van der Waals surface area contributed by atoms with Gasteiger partial charge in [0.2, 0.25) is 0 Å². The van der Waals surface area contributed by atoms with Crippen LogP contribution in [0.4, 0.5) is 0 Å². The summed E-state index contributed by atoms with van der Waals surface area (Å²) in [6, 6.07) is 8.10. The highest BCUT2D eigenvalue weighted by atomic mass is 16.1. The number of benzene rings is 1. The molecule has 3 N–H and O–H groups in total. The van der Waals surface area contributed by atoms with Crippen LogP contribution in [0.1, 0.15) is 53.7 Å². The van der Waals surface area contributed by atoms with Gasteiger partial charge in [-0.2, -0.15) is 5.10 Å². The normalized spacial score (nSPS) is 16.6. The van der Waals surface area contributed by atoms with Crippen molar-refractivity contribution in [3.63, 3.8) is 0 Å². The summed E-state index contributed by atoms with van der Waals surface area (Å²) in [4.78, 5) is 12.8. The summed E-state index contributed by atoms with van der Waals surface area (Å²) in [5, 5.41) is 7.59. The van der Waals surface area contributed by atoms with Gasteiger partial charge in [0.15, 0.2) is 0 Å². The topological polar surface area (TPSA) is 72.9 Å². The molecule has 1 aliphatic carbocycles. The Morgan fingerprint density at radius 1 is 1.28 bits per heavy atom. The van der Waals surface area contributed by atoms with Gasteiger partial charge in [-0.15, -0.1) is 0 Å². The van der Waals surface area contributed by atoms with Crippen molar-refractivity contribution in [3.8, 4) is 5.69 Å². The number of carbonyl (C=O) groups is 1. The number of hydrogen-bond acceptors (Lipinski definition) is 3. The first-order valence-corrected chi connectivity index (χ1v) is 9.23. The molecule has 1 aromatic heterocycles. The Kier molecular flexibility index (Phi) is 5.53. The van der Waals surface area contributed by atoms with E-state index in [2.05, 4.69) is 10.4 Å². The highest BCUT2D eigenvalue weighted by Crippen LogP contribution is 2.26. The van der Waals surface area contributed by atoms with Gasteiger partial charge in [-0.05, 0) is 44.2 Å². The molecule has 2 aromatic rings. The minimum atomic E-state index is -0.0710. The van der Waals surface area contributed by atoms with Gasteiger partial charge in [-0.1, -0.05) is 37.5 Å². The molecule has 134 valence electrons. The van der Waals surface area contributed by atoms with Gasteiger partial charge in [0.25, 0.3) is 5.91 Å². The van der Waals surface area contributed by atoms with Gasteiger partial charge >= 0.3 is 0 Å². The van der Waals surface area contributed by atoms with Crippen molar-refractivity contribution in [3.05, 3.63) is 47.3 Å². The fraction of sp³-hybridized carbons (Fsp3) is 0.500. The van der Waals surface area contributed by atoms with Gasteiger partial charge in [-0.3, -0.25) is 4.79 Å². The number of carbonyl (C=O) groups excluding carboxylic acids is 1. The first-order valence-electron chi connectivity index (χ1n) is 9.23. The lowest BCUT2D eigenvalue weighted by Gasteiger charge is -2.30. The summed E-state index contributed by atoms with van der Waals surface area (Å²) in [5.74, 6) is 0.424. The zero-order chi connectivity index (χ0) is 17.8. The summed E-state index contributed by atoms with van der Waals surface area (Å²) in [5.41, 5.74) is 9.55. The third kappa shape index (κ3) is 3.76. The van der Waals surface area contributed by atoms with Crippen LogP contribution in [-0.2, 0) is 0 Å². The number of nitrogens with two attached hydrogens (primary N) is 1. The van der Waals surface area contributed by atoms with E-state index in [9.17, 15) is 4.79 Å². The van der Waals surface area contributed by atoms with Crippen molar-refractivity contribution >= 4 is 5.91 Å². The minimum Gasteiger partial charge on any atom is -0.348 e. The second kappa shape index (κ2) is 7.83. The number of aromatic nitrogens is 2. The van der Waals surface area contributed by atoms with Crippen LogP contribution in [0.15, 0.2) is 30.5 Å². The molecule has 0 bridgehead atoms. The van der Waals surface area contributed by atoms with Crippen LogP contribution in [0.2, 0.25) is 0 Å². The summed E-state index contributed by atoms with van der Waals surface area (Å²) in [7, 11) is 0. The predicted octanol–water partition coefficient (Wildman–Crippen LogP) is 3.13. The fourth-order valence-corrected chi connectivity index (χ4v) is 3.83. The zero-order valence-electron chi connectivity index (χ0n) is 15.2. The Morgan fingerprint density at radius 2 is 2.00 bits per heavy atom. The second-order valence-electron chi connectivity index (χ2n) is 7.06. The Balaban J connectivity index is 1.77. The van der Waals surface area contributed by atoms with Gasteiger partial charge in [0.1, 0.15) is 0 Å². The Labute approximate surface area is 149 Å². The molecule has 25 heavy (non-hydrogen) atoms. The minimum absolute atomic E-state index is 0.0500. The lowest BCUT2D eigenvalue weighted by atomic mass is 9.84. The third-order valence-corrected chi connectivity index (χ3v) is 5.39. The first-order chi connectivity index (χ1) is 12.1. The molecule has 1 unspecified atom stereocenters. The summed E-state index contributed by atoms with van der Waals surface area (Å²) in [6.07, 6.45) is 7.74. The fourth-order valence-electron chi connectivity index (χ4n) is 3.83. The Bertz CT molecular complexity index is 731. The van der Waals surface area contributed by atoms with Crippen molar-refractivity contribution in [1.29, 1.82) is 0 Å². The van der Waals surface area contributed by atoms with Gasteiger partial charge < -0.3 is 11.1 Å². The van der Waals surface area contributed by atoms with E-state index in [4.69, 9.17) is 5.73 Å². The molecule has 0 aliphatic heterocycles. The molecule has 1 fully saturated rings. The van der Waals surface area contributed by atoms with Crippen LogP contribution in [0.5, 0.6) is 0 Å². The number of aryl methyl sites for hydroxylation is 1. The first kappa shape index (κ1) is 17.7. The predicted molar refractivity (Wildman–Crippen MR) is 99.9 cm³/mol. The van der Waals surface area contributed by atoms with E-state index in [-0.39, 0.29) is 11.9 Å².